The molecule has 2 unspecified atom stereocenters. The maximum Gasteiger partial charge on any atom is 0.248 e. The number of carbonyl (C=O) groups is 1. The van der Waals surface area contributed by atoms with E-state index in [1.54, 1.807) is 0 Å². The van der Waals surface area contributed by atoms with Crippen LogP contribution in [-0.2, 0) is 4.79 Å². The highest BCUT2D eigenvalue weighted by Gasteiger charge is 2.24. The lowest BCUT2D eigenvalue weighted by Gasteiger charge is -2.17. The number of likely N-dealkylation sites (N-methyl/N-ethyl adjacent to an activating group) is 1. The predicted molar refractivity (Wildman–Crippen MR) is 104 cm³/mol. The Morgan fingerprint density at radius 2 is 1.96 bits per heavy atom. The molecule has 0 radical (unpaired) electrons. The van der Waals surface area contributed by atoms with Crippen molar-refractivity contribution in [1.82, 2.24) is 15.8 Å². The quantitative estimate of drug-likeness (QED) is 0.514. The second-order valence-corrected chi connectivity index (χ2v) is 7.20. The number of allylic oxidation sites excluding steroid dienone is 1. The van der Waals surface area contributed by atoms with Crippen molar-refractivity contribution in [2.24, 2.45) is 0 Å². The highest BCUT2D eigenvalue weighted by atomic mass is 19.1. The number of hydrogen-bond acceptors (Lipinski definition) is 3. The molecule has 0 saturated carbocycles. The molecule has 4 nitrogen and oxygen atoms in total. The van der Waals surface area contributed by atoms with Crippen LogP contribution in [0.1, 0.15) is 64.0 Å². The van der Waals surface area contributed by atoms with Gasteiger partial charge in [0.25, 0.3) is 0 Å². The summed E-state index contributed by atoms with van der Waals surface area (Å²) in [7, 11) is 1.88. The number of nitrogens with one attached hydrogen (secondary N) is 2. The molecule has 144 valence electrons. The van der Waals surface area contributed by atoms with E-state index in [0.717, 1.165) is 56.2 Å². The number of halogens is 1. The SMILES string of the molecule is CC/C=C(\C)C(=O)N(C)CCCCCC1CC(c2ccc(F)cc2)NN1. The first-order chi connectivity index (χ1) is 12.5. The Balaban J connectivity index is 1.61. The van der Waals surface area contributed by atoms with Gasteiger partial charge in [-0.2, -0.15) is 0 Å². The third-order valence-electron chi connectivity index (χ3n) is 4.99. The van der Waals surface area contributed by atoms with Gasteiger partial charge in [0.2, 0.25) is 5.91 Å². The molecule has 2 atom stereocenters. The van der Waals surface area contributed by atoms with Gasteiger partial charge in [0.15, 0.2) is 0 Å². The van der Waals surface area contributed by atoms with E-state index in [-0.39, 0.29) is 17.8 Å². The topological polar surface area (TPSA) is 44.4 Å². The molecular weight excluding hydrogens is 329 g/mol. The lowest BCUT2D eigenvalue weighted by Crippen LogP contribution is -2.31. The monoisotopic (exact) mass is 361 g/mol. The van der Waals surface area contributed by atoms with Gasteiger partial charge in [-0.1, -0.05) is 38.0 Å². The van der Waals surface area contributed by atoms with Crippen LogP contribution in [0.5, 0.6) is 0 Å². The molecule has 1 aliphatic heterocycles. The molecule has 0 bridgehead atoms. The summed E-state index contributed by atoms with van der Waals surface area (Å²) in [4.78, 5) is 13.9. The molecule has 1 saturated heterocycles. The third kappa shape index (κ3) is 6.22. The molecule has 1 aliphatic rings. The zero-order valence-electron chi connectivity index (χ0n) is 16.2. The smallest absolute Gasteiger partial charge is 0.248 e. The van der Waals surface area contributed by atoms with Crippen LogP contribution in [0.15, 0.2) is 35.9 Å². The van der Waals surface area contributed by atoms with E-state index >= 15 is 0 Å². The van der Waals surface area contributed by atoms with Crippen molar-refractivity contribution >= 4 is 5.91 Å². The van der Waals surface area contributed by atoms with Crippen LogP contribution in [-0.4, -0.2) is 30.4 Å². The summed E-state index contributed by atoms with van der Waals surface area (Å²) in [5.74, 6) is -0.0595. The van der Waals surface area contributed by atoms with E-state index in [4.69, 9.17) is 0 Å². The Labute approximate surface area is 156 Å². The zero-order chi connectivity index (χ0) is 18.9. The van der Waals surface area contributed by atoms with Gasteiger partial charge >= 0.3 is 0 Å². The van der Waals surface area contributed by atoms with Crippen LogP contribution in [0, 0.1) is 5.82 Å². The van der Waals surface area contributed by atoms with E-state index in [0.29, 0.717) is 6.04 Å². The minimum atomic E-state index is -0.194. The van der Waals surface area contributed by atoms with Gasteiger partial charge in [0.1, 0.15) is 5.82 Å². The van der Waals surface area contributed by atoms with E-state index in [1.807, 2.05) is 44.0 Å². The summed E-state index contributed by atoms with van der Waals surface area (Å²) in [5.41, 5.74) is 8.62. The second-order valence-electron chi connectivity index (χ2n) is 7.20. The summed E-state index contributed by atoms with van der Waals surface area (Å²) in [6.45, 7) is 4.74. The average molecular weight is 362 g/mol. The molecule has 1 heterocycles. The fraction of sp³-hybridized carbons (Fsp3) is 0.571. The van der Waals surface area contributed by atoms with Gasteiger partial charge in [0.05, 0.1) is 0 Å². The van der Waals surface area contributed by atoms with Crippen LogP contribution in [0.4, 0.5) is 4.39 Å². The summed E-state index contributed by atoms with van der Waals surface area (Å²) in [6, 6.07) is 7.41. The standard InChI is InChI=1S/C21H32FN3O/c1-4-8-16(2)21(26)25(3)14-7-5-6-9-19-15-20(24-23-19)17-10-12-18(22)13-11-17/h8,10-13,19-20,23-24H,4-7,9,14-15H2,1-3H3/b16-8+. The van der Waals surface area contributed by atoms with Crippen molar-refractivity contribution in [3.8, 4) is 0 Å². The highest BCUT2D eigenvalue weighted by Crippen LogP contribution is 2.24. The number of rotatable bonds is 9. The normalized spacial score (nSPS) is 20.4. The van der Waals surface area contributed by atoms with Gasteiger partial charge in [-0.25, -0.2) is 4.39 Å². The summed E-state index contributed by atoms with van der Waals surface area (Å²) >= 11 is 0. The molecule has 26 heavy (non-hydrogen) atoms. The minimum Gasteiger partial charge on any atom is -0.342 e. The molecule has 1 amide bonds. The fourth-order valence-electron chi connectivity index (χ4n) is 3.44. The van der Waals surface area contributed by atoms with Crippen molar-refractivity contribution in [3.05, 3.63) is 47.3 Å². The van der Waals surface area contributed by atoms with Crippen molar-refractivity contribution in [3.63, 3.8) is 0 Å². The zero-order valence-corrected chi connectivity index (χ0v) is 16.2. The Hall–Kier alpha value is -1.72. The van der Waals surface area contributed by atoms with Gasteiger partial charge in [-0.05, 0) is 50.3 Å². The number of hydrazine groups is 1. The number of unbranched alkanes of at least 4 members (excludes halogenated alkanes) is 2. The predicted octanol–water partition coefficient (Wildman–Crippen LogP) is 4.11. The first-order valence-electron chi connectivity index (χ1n) is 9.70. The number of hydrogen-bond donors (Lipinski definition) is 2. The fourth-order valence-corrected chi connectivity index (χ4v) is 3.44. The van der Waals surface area contributed by atoms with Crippen LogP contribution in [0.2, 0.25) is 0 Å². The largest absolute Gasteiger partial charge is 0.342 e. The molecule has 2 N–H and O–H groups in total. The maximum atomic E-state index is 13.0. The molecule has 2 rings (SSSR count). The van der Waals surface area contributed by atoms with Gasteiger partial charge < -0.3 is 4.90 Å². The van der Waals surface area contributed by atoms with Crippen molar-refractivity contribution in [1.29, 1.82) is 0 Å². The highest BCUT2D eigenvalue weighted by molar-refractivity contribution is 5.92. The summed E-state index contributed by atoms with van der Waals surface area (Å²) < 4.78 is 13.0. The Bertz CT molecular complexity index is 600. The van der Waals surface area contributed by atoms with Crippen molar-refractivity contribution < 1.29 is 9.18 Å². The van der Waals surface area contributed by atoms with E-state index in [9.17, 15) is 9.18 Å². The molecular formula is C21H32FN3O. The molecule has 0 aliphatic carbocycles. The minimum absolute atomic E-state index is 0.135. The van der Waals surface area contributed by atoms with Crippen LogP contribution in [0.3, 0.4) is 0 Å². The van der Waals surface area contributed by atoms with E-state index in [1.165, 1.54) is 12.1 Å². The van der Waals surface area contributed by atoms with Gasteiger partial charge in [-0.3, -0.25) is 15.6 Å². The Morgan fingerprint density at radius 1 is 1.23 bits per heavy atom. The van der Waals surface area contributed by atoms with Crippen LogP contribution in [0.25, 0.3) is 0 Å². The lowest BCUT2D eigenvalue weighted by atomic mass is 9.99. The summed E-state index contributed by atoms with van der Waals surface area (Å²) in [6.07, 6.45) is 8.29. The first-order valence-corrected chi connectivity index (χ1v) is 9.70. The summed E-state index contributed by atoms with van der Waals surface area (Å²) in [5, 5.41) is 0. The number of nitrogens with zero attached hydrogens (tertiary/aromatic N) is 1. The first kappa shape index (κ1) is 20.6. The molecule has 1 fully saturated rings. The van der Waals surface area contributed by atoms with E-state index in [2.05, 4.69) is 10.9 Å². The Morgan fingerprint density at radius 3 is 2.65 bits per heavy atom. The molecule has 5 heteroatoms. The van der Waals surface area contributed by atoms with Gasteiger partial charge in [0, 0.05) is 31.2 Å². The Kier molecular flexibility index (Phi) is 8.26. The van der Waals surface area contributed by atoms with E-state index < -0.39 is 0 Å². The second kappa shape index (κ2) is 10.4. The van der Waals surface area contributed by atoms with Gasteiger partial charge in [-0.15, -0.1) is 0 Å². The molecule has 0 spiro atoms. The lowest BCUT2D eigenvalue weighted by molar-refractivity contribution is -0.125. The molecule has 1 aromatic carbocycles. The molecule has 0 aromatic heterocycles. The van der Waals surface area contributed by atoms with Crippen molar-refractivity contribution in [2.45, 2.75) is 64.5 Å². The van der Waals surface area contributed by atoms with Crippen LogP contribution < -0.4 is 10.9 Å². The number of carbonyl (C=O) groups excluding carboxylic acids is 1. The average Bonchev–Trinajstić information content (AvgIpc) is 3.10. The van der Waals surface area contributed by atoms with Crippen molar-refractivity contribution in [2.75, 3.05) is 13.6 Å². The maximum absolute atomic E-state index is 13.0. The number of benzene rings is 1. The van der Waals surface area contributed by atoms with Crippen LogP contribution >= 0.6 is 0 Å². The number of amides is 1. The molecule has 1 aromatic rings. The third-order valence-corrected chi connectivity index (χ3v) is 4.99.